The van der Waals surface area contributed by atoms with E-state index >= 15 is 0 Å². The molecule has 2 rings (SSSR count). The number of benzene rings is 1. The Morgan fingerprint density at radius 3 is 2.60 bits per heavy atom. The minimum atomic E-state index is -0.998. The molecule has 1 aromatic carbocycles. The van der Waals surface area contributed by atoms with Crippen LogP contribution in [0, 0.1) is 0 Å². The quantitative estimate of drug-likeness (QED) is 0.898. The van der Waals surface area contributed by atoms with Gasteiger partial charge in [-0.2, -0.15) is 5.10 Å². The van der Waals surface area contributed by atoms with Gasteiger partial charge in [-0.05, 0) is 19.1 Å². The predicted octanol–water partition coefficient (Wildman–Crippen LogP) is 1.63. The van der Waals surface area contributed by atoms with Gasteiger partial charge in [0.05, 0.1) is 11.8 Å². The Hall–Kier alpha value is -2.63. The van der Waals surface area contributed by atoms with Crippen molar-refractivity contribution in [3.8, 4) is 0 Å². The molecule has 0 aliphatic rings. The van der Waals surface area contributed by atoms with Crippen molar-refractivity contribution < 1.29 is 14.7 Å². The number of aromatic nitrogens is 2. The summed E-state index contributed by atoms with van der Waals surface area (Å²) in [5.74, 6) is -1.20. The molecule has 0 radical (unpaired) electrons. The maximum atomic E-state index is 12.4. The van der Waals surface area contributed by atoms with Gasteiger partial charge in [0, 0.05) is 18.4 Å². The van der Waals surface area contributed by atoms with E-state index in [2.05, 4.69) is 5.10 Å². The number of hydrogen-bond donors (Lipinski definition) is 1. The lowest BCUT2D eigenvalue weighted by molar-refractivity contribution is -0.137. The van der Waals surface area contributed by atoms with Crippen molar-refractivity contribution in [3.63, 3.8) is 0 Å². The van der Waals surface area contributed by atoms with Crippen molar-refractivity contribution in [1.82, 2.24) is 9.78 Å². The third-order valence-corrected chi connectivity index (χ3v) is 2.81. The zero-order valence-corrected chi connectivity index (χ0v) is 11.1. The molecule has 6 heteroatoms. The van der Waals surface area contributed by atoms with Crippen LogP contribution in [0.15, 0.2) is 42.7 Å². The van der Waals surface area contributed by atoms with Crippen LogP contribution in [-0.2, 0) is 11.3 Å². The first kappa shape index (κ1) is 13.8. The third kappa shape index (κ3) is 3.03. The van der Waals surface area contributed by atoms with Crippen LogP contribution in [0.3, 0.4) is 0 Å². The lowest BCUT2D eigenvalue weighted by Gasteiger charge is -2.20. The van der Waals surface area contributed by atoms with Gasteiger partial charge in [-0.3, -0.25) is 14.3 Å². The molecular formula is C14H15N3O3. The van der Waals surface area contributed by atoms with E-state index in [1.165, 1.54) is 17.1 Å². The van der Waals surface area contributed by atoms with E-state index in [9.17, 15) is 9.59 Å². The van der Waals surface area contributed by atoms with E-state index in [0.29, 0.717) is 12.1 Å². The van der Waals surface area contributed by atoms with Crippen molar-refractivity contribution in [1.29, 1.82) is 0 Å². The van der Waals surface area contributed by atoms with E-state index in [-0.39, 0.29) is 12.5 Å². The van der Waals surface area contributed by atoms with Crippen LogP contribution >= 0.6 is 0 Å². The summed E-state index contributed by atoms with van der Waals surface area (Å²) in [5, 5.41) is 12.6. The zero-order chi connectivity index (χ0) is 14.5. The van der Waals surface area contributed by atoms with Crippen molar-refractivity contribution >= 4 is 17.6 Å². The molecule has 0 fully saturated rings. The third-order valence-electron chi connectivity index (χ3n) is 2.81. The molecule has 1 heterocycles. The number of nitrogens with zero attached hydrogens (tertiary/aromatic N) is 3. The number of hydrogen-bond acceptors (Lipinski definition) is 3. The van der Waals surface area contributed by atoms with E-state index < -0.39 is 5.97 Å². The summed E-state index contributed by atoms with van der Waals surface area (Å²) in [6.07, 6.45) is 2.83. The Morgan fingerprint density at radius 2 is 2.00 bits per heavy atom. The average Bonchev–Trinajstić information content (AvgIpc) is 2.88. The monoisotopic (exact) mass is 273 g/mol. The summed E-state index contributed by atoms with van der Waals surface area (Å²) in [6, 6.07) is 9.30. The molecule has 0 saturated heterocycles. The Morgan fingerprint density at radius 1 is 1.30 bits per heavy atom. The first-order valence-corrected chi connectivity index (χ1v) is 6.23. The molecule has 1 amide bonds. The summed E-state index contributed by atoms with van der Waals surface area (Å²) in [5.41, 5.74) is 1.17. The molecule has 1 aromatic heterocycles. The van der Waals surface area contributed by atoms with E-state index in [4.69, 9.17) is 5.11 Å². The van der Waals surface area contributed by atoms with Gasteiger partial charge in [-0.15, -0.1) is 0 Å². The topological polar surface area (TPSA) is 75.4 Å². The van der Waals surface area contributed by atoms with Gasteiger partial charge < -0.3 is 10.0 Å². The lowest BCUT2D eigenvalue weighted by Crippen LogP contribution is -2.30. The first-order chi connectivity index (χ1) is 9.61. The number of para-hydroxylation sites is 1. The summed E-state index contributed by atoms with van der Waals surface area (Å²) < 4.78 is 1.23. The molecule has 0 aliphatic heterocycles. The van der Waals surface area contributed by atoms with Crippen molar-refractivity contribution in [2.75, 3.05) is 11.4 Å². The molecule has 1 N–H and O–H groups in total. The predicted molar refractivity (Wildman–Crippen MR) is 73.7 cm³/mol. The number of carboxylic acid groups (broad SMARTS) is 1. The lowest BCUT2D eigenvalue weighted by atomic mass is 10.2. The Kier molecular flexibility index (Phi) is 4.14. The smallest absolute Gasteiger partial charge is 0.325 e. The van der Waals surface area contributed by atoms with Gasteiger partial charge in [0.25, 0.3) is 5.91 Å². The highest BCUT2D eigenvalue weighted by atomic mass is 16.4. The molecule has 104 valence electrons. The minimum absolute atomic E-state index is 0.199. The molecule has 6 nitrogen and oxygen atoms in total. The standard InChI is InChI=1S/C14H15N3O3/c1-2-17(12-6-4-3-5-7-12)14(20)11-8-15-16(9-11)10-13(18)19/h3-9H,2,10H2,1H3,(H,18,19). The zero-order valence-electron chi connectivity index (χ0n) is 11.1. The van der Waals surface area contributed by atoms with Gasteiger partial charge >= 0.3 is 5.97 Å². The molecule has 0 saturated carbocycles. The van der Waals surface area contributed by atoms with Crippen LogP contribution in [-0.4, -0.2) is 33.3 Å². The first-order valence-electron chi connectivity index (χ1n) is 6.23. The fourth-order valence-electron chi connectivity index (χ4n) is 1.91. The molecule has 0 unspecified atom stereocenters. The summed E-state index contributed by atoms with van der Waals surface area (Å²) in [6.45, 7) is 2.14. The molecule has 0 spiro atoms. The number of amides is 1. The van der Waals surface area contributed by atoms with Crippen molar-refractivity contribution in [2.45, 2.75) is 13.5 Å². The molecule has 0 aliphatic carbocycles. The largest absolute Gasteiger partial charge is 0.480 e. The van der Waals surface area contributed by atoms with Crippen LogP contribution in [0.5, 0.6) is 0 Å². The SMILES string of the molecule is CCN(C(=O)c1cnn(CC(=O)O)c1)c1ccccc1. The number of carbonyl (C=O) groups excluding carboxylic acids is 1. The highest BCUT2D eigenvalue weighted by molar-refractivity contribution is 6.05. The normalized spacial score (nSPS) is 10.2. The maximum absolute atomic E-state index is 12.4. The molecule has 20 heavy (non-hydrogen) atoms. The van der Waals surface area contributed by atoms with Crippen molar-refractivity contribution in [3.05, 3.63) is 48.3 Å². The van der Waals surface area contributed by atoms with E-state index in [1.54, 1.807) is 4.90 Å². The number of carboxylic acids is 1. The molecular weight excluding hydrogens is 258 g/mol. The number of carbonyl (C=O) groups is 2. The summed E-state index contributed by atoms with van der Waals surface area (Å²) in [4.78, 5) is 24.6. The number of anilines is 1. The van der Waals surface area contributed by atoms with Crippen LogP contribution in [0.25, 0.3) is 0 Å². The van der Waals surface area contributed by atoms with Gasteiger partial charge in [0.1, 0.15) is 6.54 Å². The average molecular weight is 273 g/mol. The fourth-order valence-corrected chi connectivity index (χ4v) is 1.91. The Labute approximate surface area is 116 Å². The fraction of sp³-hybridized carbons (Fsp3) is 0.214. The highest BCUT2D eigenvalue weighted by Gasteiger charge is 2.17. The molecule has 0 bridgehead atoms. The number of aliphatic carboxylic acids is 1. The highest BCUT2D eigenvalue weighted by Crippen LogP contribution is 2.16. The maximum Gasteiger partial charge on any atom is 0.325 e. The Bertz CT molecular complexity index is 607. The summed E-state index contributed by atoms with van der Waals surface area (Å²) in [7, 11) is 0. The van der Waals surface area contributed by atoms with Gasteiger partial charge in [0.15, 0.2) is 0 Å². The molecule has 2 aromatic rings. The van der Waals surface area contributed by atoms with Crippen molar-refractivity contribution in [2.24, 2.45) is 0 Å². The number of rotatable bonds is 5. The molecule has 0 atom stereocenters. The van der Waals surface area contributed by atoms with Crippen LogP contribution in [0.4, 0.5) is 5.69 Å². The Balaban J connectivity index is 2.21. The second-order valence-electron chi connectivity index (χ2n) is 4.21. The second kappa shape index (κ2) is 6.01. The van der Waals surface area contributed by atoms with E-state index in [1.807, 2.05) is 37.3 Å². The minimum Gasteiger partial charge on any atom is -0.480 e. The van der Waals surface area contributed by atoms with Crippen LogP contribution in [0.1, 0.15) is 17.3 Å². The second-order valence-corrected chi connectivity index (χ2v) is 4.21. The van der Waals surface area contributed by atoms with E-state index in [0.717, 1.165) is 5.69 Å². The van der Waals surface area contributed by atoms with Gasteiger partial charge in [-0.1, -0.05) is 18.2 Å². The summed E-state index contributed by atoms with van der Waals surface area (Å²) >= 11 is 0. The van der Waals surface area contributed by atoms with Gasteiger partial charge in [-0.25, -0.2) is 0 Å². The van der Waals surface area contributed by atoms with Crippen LogP contribution < -0.4 is 4.90 Å². The van der Waals surface area contributed by atoms with Gasteiger partial charge in [0.2, 0.25) is 0 Å². The van der Waals surface area contributed by atoms with Crippen LogP contribution in [0.2, 0.25) is 0 Å².